The monoisotopic (exact) mass is 179 g/mol. The van der Waals surface area contributed by atoms with Crippen LogP contribution in [0.5, 0.6) is 0 Å². The summed E-state index contributed by atoms with van der Waals surface area (Å²) in [4.78, 5) is 10.7. The number of nitrogens with zero attached hydrogens (tertiary/aromatic N) is 3. The van der Waals surface area contributed by atoms with E-state index in [1.54, 1.807) is 12.4 Å². The smallest absolute Gasteiger partial charge is 0.147 e. The highest BCUT2D eigenvalue weighted by Gasteiger charge is 2.11. The number of anilines is 1. The fraction of sp³-hybridized carbons (Fsp3) is 0.556. The molecule has 0 amide bonds. The molecule has 13 heavy (non-hydrogen) atoms. The van der Waals surface area contributed by atoms with Gasteiger partial charge in [0.25, 0.3) is 0 Å². The van der Waals surface area contributed by atoms with Crippen LogP contribution >= 0.6 is 0 Å². The molecule has 1 aliphatic rings. The van der Waals surface area contributed by atoms with Crippen molar-refractivity contribution in [1.29, 1.82) is 0 Å². The fourth-order valence-corrected chi connectivity index (χ4v) is 1.40. The summed E-state index contributed by atoms with van der Waals surface area (Å²) < 4.78 is 5.26. The molecule has 0 aliphatic carbocycles. The first-order valence-corrected chi connectivity index (χ1v) is 4.47. The summed E-state index contributed by atoms with van der Waals surface area (Å²) in [6.07, 6.45) is 3.57. The molecule has 1 fully saturated rings. The molecule has 1 saturated heterocycles. The Morgan fingerprint density at radius 2 is 2.08 bits per heavy atom. The van der Waals surface area contributed by atoms with Crippen molar-refractivity contribution in [3.8, 4) is 0 Å². The zero-order valence-corrected chi connectivity index (χ0v) is 7.73. The largest absolute Gasteiger partial charge is 0.378 e. The second-order valence-corrected chi connectivity index (χ2v) is 3.12. The van der Waals surface area contributed by atoms with Crippen molar-refractivity contribution >= 4 is 5.82 Å². The summed E-state index contributed by atoms with van der Waals surface area (Å²) in [5, 5.41) is 0. The number of aromatic nitrogens is 2. The quantitative estimate of drug-likeness (QED) is 0.633. The molecule has 4 heteroatoms. The van der Waals surface area contributed by atoms with Crippen molar-refractivity contribution in [2.24, 2.45) is 0 Å². The summed E-state index contributed by atoms with van der Waals surface area (Å²) in [6, 6.07) is 0. The van der Waals surface area contributed by atoms with E-state index in [0.717, 1.165) is 37.8 Å². The van der Waals surface area contributed by atoms with Crippen LogP contribution in [0.15, 0.2) is 12.4 Å². The van der Waals surface area contributed by atoms with Crippen molar-refractivity contribution in [3.63, 3.8) is 0 Å². The van der Waals surface area contributed by atoms with Gasteiger partial charge in [0.15, 0.2) is 0 Å². The van der Waals surface area contributed by atoms with Gasteiger partial charge in [-0.3, -0.25) is 4.98 Å². The Kier molecular flexibility index (Phi) is 2.40. The third-order valence-corrected chi connectivity index (χ3v) is 2.08. The Morgan fingerprint density at radius 3 is 2.77 bits per heavy atom. The lowest BCUT2D eigenvalue weighted by atomic mass is 10.4. The Balaban J connectivity index is 2.14. The van der Waals surface area contributed by atoms with Crippen LogP contribution in [0.3, 0.4) is 0 Å². The number of hydrogen-bond donors (Lipinski definition) is 0. The minimum atomic E-state index is 0.787. The van der Waals surface area contributed by atoms with Crippen molar-refractivity contribution in [2.75, 3.05) is 31.2 Å². The van der Waals surface area contributed by atoms with Crippen LogP contribution in [0.4, 0.5) is 5.82 Å². The molecule has 0 bridgehead atoms. The molecule has 0 saturated carbocycles. The highest BCUT2D eigenvalue weighted by molar-refractivity contribution is 5.36. The molecular formula is C9H13N3O. The predicted molar refractivity (Wildman–Crippen MR) is 49.8 cm³/mol. The van der Waals surface area contributed by atoms with Crippen molar-refractivity contribution in [1.82, 2.24) is 9.97 Å². The lowest BCUT2D eigenvalue weighted by Gasteiger charge is -2.27. The first-order chi connectivity index (χ1) is 6.36. The molecule has 0 atom stereocenters. The molecule has 1 aromatic rings. The molecular weight excluding hydrogens is 166 g/mol. The first kappa shape index (κ1) is 8.44. The van der Waals surface area contributed by atoms with Gasteiger partial charge in [-0.25, -0.2) is 4.98 Å². The van der Waals surface area contributed by atoms with Crippen LogP contribution in [0.2, 0.25) is 0 Å². The molecule has 0 spiro atoms. The van der Waals surface area contributed by atoms with E-state index in [1.807, 2.05) is 6.92 Å². The van der Waals surface area contributed by atoms with E-state index in [4.69, 9.17) is 4.74 Å². The number of aryl methyl sites for hydroxylation is 1. The molecule has 1 aromatic heterocycles. The van der Waals surface area contributed by atoms with Gasteiger partial charge in [-0.15, -0.1) is 0 Å². The molecule has 70 valence electrons. The van der Waals surface area contributed by atoms with Crippen LogP contribution in [0, 0.1) is 6.92 Å². The van der Waals surface area contributed by atoms with E-state index >= 15 is 0 Å². The maximum Gasteiger partial charge on any atom is 0.147 e. The highest BCUT2D eigenvalue weighted by Crippen LogP contribution is 2.10. The number of hydrogen-bond acceptors (Lipinski definition) is 4. The SMILES string of the molecule is Cc1cncc(N2CCOCC2)n1. The molecule has 2 rings (SSSR count). The Labute approximate surface area is 77.6 Å². The predicted octanol–water partition coefficient (Wildman–Crippen LogP) is 0.622. The third-order valence-electron chi connectivity index (χ3n) is 2.08. The average Bonchev–Trinajstić information content (AvgIpc) is 2.19. The van der Waals surface area contributed by atoms with E-state index < -0.39 is 0 Å². The zero-order valence-electron chi connectivity index (χ0n) is 7.73. The van der Waals surface area contributed by atoms with Gasteiger partial charge in [0.1, 0.15) is 5.82 Å². The average molecular weight is 179 g/mol. The van der Waals surface area contributed by atoms with Crippen LogP contribution < -0.4 is 4.90 Å². The molecule has 1 aliphatic heterocycles. The maximum atomic E-state index is 5.26. The van der Waals surface area contributed by atoms with Crippen LogP contribution in [0.25, 0.3) is 0 Å². The van der Waals surface area contributed by atoms with Crippen LogP contribution in [0.1, 0.15) is 5.69 Å². The van der Waals surface area contributed by atoms with Gasteiger partial charge in [-0.1, -0.05) is 0 Å². The third kappa shape index (κ3) is 1.95. The summed E-state index contributed by atoms with van der Waals surface area (Å²) in [5.41, 5.74) is 0.962. The summed E-state index contributed by atoms with van der Waals surface area (Å²) >= 11 is 0. The topological polar surface area (TPSA) is 38.2 Å². The van der Waals surface area contributed by atoms with Gasteiger partial charge in [-0.05, 0) is 6.92 Å². The van der Waals surface area contributed by atoms with Crippen molar-refractivity contribution in [3.05, 3.63) is 18.1 Å². The molecule has 4 nitrogen and oxygen atoms in total. The number of rotatable bonds is 1. The van der Waals surface area contributed by atoms with Gasteiger partial charge in [-0.2, -0.15) is 0 Å². The molecule has 0 N–H and O–H groups in total. The zero-order chi connectivity index (χ0) is 9.10. The van der Waals surface area contributed by atoms with Crippen molar-refractivity contribution < 1.29 is 4.74 Å². The van der Waals surface area contributed by atoms with E-state index in [0.29, 0.717) is 0 Å². The normalized spacial score (nSPS) is 17.5. The fourth-order valence-electron chi connectivity index (χ4n) is 1.40. The number of ether oxygens (including phenoxy) is 1. The second-order valence-electron chi connectivity index (χ2n) is 3.12. The number of morpholine rings is 1. The molecule has 0 unspecified atom stereocenters. The van der Waals surface area contributed by atoms with Gasteiger partial charge in [0.2, 0.25) is 0 Å². The second kappa shape index (κ2) is 3.70. The lowest BCUT2D eigenvalue weighted by molar-refractivity contribution is 0.122. The van der Waals surface area contributed by atoms with E-state index in [1.165, 1.54) is 0 Å². The summed E-state index contributed by atoms with van der Waals surface area (Å²) in [6.45, 7) is 5.36. The van der Waals surface area contributed by atoms with Gasteiger partial charge < -0.3 is 9.64 Å². The standard InChI is InChI=1S/C9H13N3O/c1-8-6-10-7-9(11-8)12-2-4-13-5-3-12/h6-7H,2-5H2,1H3. The van der Waals surface area contributed by atoms with Crippen LogP contribution in [-0.4, -0.2) is 36.3 Å². The first-order valence-electron chi connectivity index (χ1n) is 4.47. The highest BCUT2D eigenvalue weighted by atomic mass is 16.5. The van der Waals surface area contributed by atoms with Gasteiger partial charge in [0.05, 0.1) is 25.1 Å². The maximum absolute atomic E-state index is 5.26. The minimum absolute atomic E-state index is 0.787. The minimum Gasteiger partial charge on any atom is -0.378 e. The van der Waals surface area contributed by atoms with Gasteiger partial charge in [0, 0.05) is 19.3 Å². The molecule has 0 radical (unpaired) electrons. The Bertz CT molecular complexity index is 284. The van der Waals surface area contributed by atoms with E-state index in [9.17, 15) is 0 Å². The van der Waals surface area contributed by atoms with E-state index in [2.05, 4.69) is 14.9 Å². The summed E-state index contributed by atoms with van der Waals surface area (Å²) in [5.74, 6) is 0.961. The molecule has 0 aromatic carbocycles. The Hall–Kier alpha value is -1.16. The van der Waals surface area contributed by atoms with Crippen LogP contribution in [-0.2, 0) is 4.74 Å². The Morgan fingerprint density at radius 1 is 1.31 bits per heavy atom. The lowest BCUT2D eigenvalue weighted by Crippen LogP contribution is -2.36. The van der Waals surface area contributed by atoms with Gasteiger partial charge >= 0.3 is 0 Å². The summed E-state index contributed by atoms with van der Waals surface area (Å²) in [7, 11) is 0. The van der Waals surface area contributed by atoms with E-state index in [-0.39, 0.29) is 0 Å². The van der Waals surface area contributed by atoms with Crippen molar-refractivity contribution in [2.45, 2.75) is 6.92 Å². The molecule has 2 heterocycles.